The summed E-state index contributed by atoms with van der Waals surface area (Å²) in [6, 6.07) is 5.90. The monoisotopic (exact) mass is 444 g/mol. The molecule has 0 bridgehead atoms. The average Bonchev–Trinajstić information content (AvgIpc) is 3.20. The van der Waals surface area contributed by atoms with Crippen molar-refractivity contribution in [3.63, 3.8) is 0 Å². The first kappa shape index (κ1) is 23.6. The minimum absolute atomic E-state index is 0.136. The topological polar surface area (TPSA) is 125 Å². The van der Waals surface area contributed by atoms with E-state index in [9.17, 15) is 9.90 Å². The number of aliphatic hydroxyl groups is 1. The Hall–Kier alpha value is -3.01. The lowest BCUT2D eigenvalue weighted by molar-refractivity contribution is -0.138. The molecule has 10 heteroatoms. The second-order valence-corrected chi connectivity index (χ2v) is 8.62. The fraction of sp³-hybridized carbons (Fsp3) is 0.591. The minimum Gasteiger partial charge on any atom is -0.483 e. The van der Waals surface area contributed by atoms with E-state index < -0.39 is 6.10 Å². The summed E-state index contributed by atoms with van der Waals surface area (Å²) in [6.07, 6.45) is 4.46. The molecular formula is C22H32N6O4. The SMILES string of the molecule is Cc1ccc(N2CC[C@@H](O)[C@]3(CCCN(C(=O)CCn4ccc(C)n4)C3)C2)nn1.O=CO. The van der Waals surface area contributed by atoms with Gasteiger partial charge < -0.3 is 20.0 Å². The van der Waals surface area contributed by atoms with Crippen LogP contribution in [0.5, 0.6) is 0 Å². The van der Waals surface area contributed by atoms with Gasteiger partial charge in [-0.3, -0.25) is 14.3 Å². The molecule has 2 N–H and O–H groups in total. The van der Waals surface area contributed by atoms with Crippen LogP contribution < -0.4 is 4.90 Å². The normalized spacial score (nSPS) is 22.9. The van der Waals surface area contributed by atoms with E-state index >= 15 is 0 Å². The smallest absolute Gasteiger partial charge is 0.290 e. The Morgan fingerprint density at radius 3 is 2.62 bits per heavy atom. The Balaban J connectivity index is 0.000000913. The molecule has 2 aliphatic heterocycles. The van der Waals surface area contributed by atoms with Crippen molar-refractivity contribution in [1.29, 1.82) is 0 Å². The Morgan fingerprint density at radius 2 is 1.97 bits per heavy atom. The molecule has 174 valence electrons. The van der Waals surface area contributed by atoms with E-state index in [0.29, 0.717) is 32.5 Å². The third-order valence-corrected chi connectivity index (χ3v) is 6.28. The largest absolute Gasteiger partial charge is 0.483 e. The molecule has 0 unspecified atom stereocenters. The van der Waals surface area contributed by atoms with E-state index in [1.165, 1.54) is 0 Å². The van der Waals surface area contributed by atoms with Crippen molar-refractivity contribution in [3.05, 3.63) is 35.8 Å². The molecule has 2 aromatic rings. The van der Waals surface area contributed by atoms with Crippen molar-refractivity contribution in [2.24, 2.45) is 5.41 Å². The van der Waals surface area contributed by atoms with Crippen molar-refractivity contribution in [3.8, 4) is 0 Å². The van der Waals surface area contributed by atoms with Crippen LogP contribution in [0.3, 0.4) is 0 Å². The number of aliphatic hydroxyl groups excluding tert-OH is 1. The van der Waals surface area contributed by atoms with Crippen molar-refractivity contribution in [1.82, 2.24) is 24.9 Å². The van der Waals surface area contributed by atoms with Crippen LogP contribution in [0.1, 0.15) is 37.1 Å². The van der Waals surface area contributed by atoms with Gasteiger partial charge in [-0.25, -0.2) is 0 Å². The number of aryl methyl sites for hydroxylation is 3. The zero-order chi connectivity index (χ0) is 23.1. The van der Waals surface area contributed by atoms with Gasteiger partial charge in [-0.15, -0.1) is 5.10 Å². The van der Waals surface area contributed by atoms with Gasteiger partial charge in [-0.1, -0.05) is 0 Å². The molecule has 2 atom stereocenters. The number of carbonyl (C=O) groups is 2. The third-order valence-electron chi connectivity index (χ3n) is 6.28. The summed E-state index contributed by atoms with van der Waals surface area (Å²) >= 11 is 0. The lowest BCUT2D eigenvalue weighted by Crippen LogP contribution is -2.60. The van der Waals surface area contributed by atoms with E-state index in [0.717, 1.165) is 43.1 Å². The van der Waals surface area contributed by atoms with E-state index in [4.69, 9.17) is 9.90 Å². The molecule has 10 nitrogen and oxygen atoms in total. The van der Waals surface area contributed by atoms with Crippen molar-refractivity contribution < 1.29 is 19.8 Å². The number of likely N-dealkylation sites (tertiary alicyclic amines) is 1. The number of aromatic nitrogens is 4. The molecule has 0 radical (unpaired) electrons. The van der Waals surface area contributed by atoms with Gasteiger partial charge in [0.2, 0.25) is 5.91 Å². The molecule has 4 heterocycles. The minimum atomic E-state index is -0.401. The maximum absolute atomic E-state index is 12.9. The molecule has 4 rings (SSSR count). The standard InChI is InChI=1S/C21H30N6O2.CH2O2/c1-16-4-5-19(23-22-16)25-11-7-18(28)21(14-25)9-3-10-26(15-21)20(29)8-13-27-12-6-17(2)24-27;2-1-3/h4-6,12,18,28H,3,7-11,13-15H2,1-2H3;1H,(H,2,3)/t18-,21-;/m1./s1. The van der Waals surface area contributed by atoms with Gasteiger partial charge in [-0.05, 0) is 51.3 Å². The van der Waals surface area contributed by atoms with Crippen LogP contribution in [0, 0.1) is 19.3 Å². The van der Waals surface area contributed by atoms with Crippen LogP contribution >= 0.6 is 0 Å². The van der Waals surface area contributed by atoms with Crippen molar-refractivity contribution in [2.75, 3.05) is 31.1 Å². The third kappa shape index (κ3) is 5.61. The highest BCUT2D eigenvalue weighted by atomic mass is 16.3. The van der Waals surface area contributed by atoms with Gasteiger partial charge in [0.1, 0.15) is 0 Å². The highest BCUT2D eigenvalue weighted by molar-refractivity contribution is 5.76. The highest BCUT2D eigenvalue weighted by Crippen LogP contribution is 2.40. The van der Waals surface area contributed by atoms with Gasteiger partial charge in [-0.2, -0.15) is 10.2 Å². The number of hydrogen-bond donors (Lipinski definition) is 2. The molecule has 0 aliphatic carbocycles. The fourth-order valence-electron chi connectivity index (χ4n) is 4.64. The molecule has 2 aliphatic rings. The first-order valence-corrected chi connectivity index (χ1v) is 11.0. The molecule has 0 aromatic carbocycles. The summed E-state index contributed by atoms with van der Waals surface area (Å²) in [5.74, 6) is 0.982. The molecule has 2 saturated heterocycles. The van der Waals surface area contributed by atoms with Crippen LogP contribution in [0.4, 0.5) is 5.82 Å². The predicted octanol–water partition coefficient (Wildman–Crippen LogP) is 1.26. The molecule has 1 spiro atoms. The summed E-state index contributed by atoms with van der Waals surface area (Å²) in [5, 5.41) is 30.6. The molecule has 1 amide bonds. The molecular weight excluding hydrogens is 412 g/mol. The zero-order valence-corrected chi connectivity index (χ0v) is 18.7. The number of nitrogens with zero attached hydrogens (tertiary/aromatic N) is 6. The summed E-state index contributed by atoms with van der Waals surface area (Å²) in [7, 11) is 0. The van der Waals surface area contributed by atoms with Crippen LogP contribution in [0.2, 0.25) is 0 Å². The number of amides is 1. The Labute approximate surface area is 187 Å². The van der Waals surface area contributed by atoms with E-state index in [1.54, 1.807) is 0 Å². The number of hydrogen-bond acceptors (Lipinski definition) is 7. The van der Waals surface area contributed by atoms with Crippen LogP contribution in [-0.4, -0.2) is 79.8 Å². The van der Waals surface area contributed by atoms with Crippen molar-refractivity contribution in [2.45, 2.75) is 52.2 Å². The molecule has 2 fully saturated rings. The molecule has 2 aromatic heterocycles. The second-order valence-electron chi connectivity index (χ2n) is 8.62. The predicted molar refractivity (Wildman–Crippen MR) is 118 cm³/mol. The molecule has 0 saturated carbocycles. The van der Waals surface area contributed by atoms with Crippen LogP contribution in [-0.2, 0) is 16.1 Å². The number of carboxylic acid groups (broad SMARTS) is 1. The van der Waals surface area contributed by atoms with Crippen molar-refractivity contribution >= 4 is 18.2 Å². The summed E-state index contributed by atoms with van der Waals surface area (Å²) < 4.78 is 1.82. The maximum atomic E-state index is 12.9. The second kappa shape index (κ2) is 10.5. The highest BCUT2D eigenvalue weighted by Gasteiger charge is 2.46. The Morgan fingerprint density at radius 1 is 1.19 bits per heavy atom. The zero-order valence-electron chi connectivity index (χ0n) is 18.7. The van der Waals surface area contributed by atoms with Crippen LogP contribution in [0.25, 0.3) is 0 Å². The van der Waals surface area contributed by atoms with Gasteiger partial charge in [0.05, 0.1) is 17.5 Å². The van der Waals surface area contributed by atoms with Crippen LogP contribution in [0.15, 0.2) is 24.4 Å². The van der Waals surface area contributed by atoms with Gasteiger partial charge in [0.15, 0.2) is 5.82 Å². The number of piperidine rings is 2. The maximum Gasteiger partial charge on any atom is 0.290 e. The van der Waals surface area contributed by atoms with Gasteiger partial charge in [0, 0.05) is 50.8 Å². The summed E-state index contributed by atoms with van der Waals surface area (Å²) in [5.41, 5.74) is 1.54. The first-order chi connectivity index (χ1) is 15.4. The summed E-state index contributed by atoms with van der Waals surface area (Å²) in [6.45, 7) is 7.02. The Kier molecular flexibility index (Phi) is 7.79. The molecule has 32 heavy (non-hydrogen) atoms. The van der Waals surface area contributed by atoms with E-state index in [-0.39, 0.29) is 17.8 Å². The van der Waals surface area contributed by atoms with E-state index in [1.807, 2.05) is 47.8 Å². The Bertz CT molecular complexity index is 902. The number of rotatable bonds is 4. The van der Waals surface area contributed by atoms with E-state index in [2.05, 4.69) is 20.2 Å². The lowest BCUT2D eigenvalue weighted by atomic mass is 9.71. The fourth-order valence-corrected chi connectivity index (χ4v) is 4.64. The summed E-state index contributed by atoms with van der Waals surface area (Å²) in [4.78, 5) is 25.4. The number of carbonyl (C=O) groups excluding carboxylic acids is 1. The number of anilines is 1. The first-order valence-electron chi connectivity index (χ1n) is 11.0. The average molecular weight is 445 g/mol. The van der Waals surface area contributed by atoms with Gasteiger partial charge in [0.25, 0.3) is 6.47 Å². The quantitative estimate of drug-likeness (QED) is 0.676. The lowest BCUT2D eigenvalue weighted by Gasteiger charge is -2.51. The van der Waals surface area contributed by atoms with Gasteiger partial charge >= 0.3 is 0 Å².